The lowest BCUT2D eigenvalue weighted by molar-refractivity contribution is -0.141. The molecule has 20 heavy (non-hydrogen) atoms. The molecule has 0 aliphatic rings. The fourth-order valence-corrected chi connectivity index (χ4v) is 1.82. The van der Waals surface area contributed by atoms with Gasteiger partial charge >= 0.3 is 6.18 Å². The van der Waals surface area contributed by atoms with Crippen molar-refractivity contribution in [2.75, 3.05) is 0 Å². The van der Waals surface area contributed by atoms with Gasteiger partial charge in [0.1, 0.15) is 5.82 Å². The summed E-state index contributed by atoms with van der Waals surface area (Å²) in [7, 11) is 0. The van der Waals surface area contributed by atoms with Crippen LogP contribution < -0.4 is 0 Å². The number of aryl methyl sites for hydroxylation is 1. The normalized spacial score (nSPS) is 13.6. The van der Waals surface area contributed by atoms with Crippen LogP contribution in [-0.4, -0.2) is 14.9 Å². The van der Waals surface area contributed by atoms with Crippen molar-refractivity contribution in [3.05, 3.63) is 47.0 Å². The van der Waals surface area contributed by atoms with Gasteiger partial charge in [0.05, 0.1) is 11.8 Å². The van der Waals surface area contributed by atoms with Gasteiger partial charge in [0.2, 0.25) is 0 Å². The molecule has 1 atom stereocenters. The number of nitrogens with zero attached hydrogens (tertiary/aromatic N) is 2. The fourth-order valence-electron chi connectivity index (χ4n) is 1.82. The standard InChI is InChI=1S/C13H12F4N2O/c1-7-5-11(9(8(2)20)6-10(7)14)19-4-3-12(18-19)13(15,16)17/h3-6,8,20H,1-2H3. The van der Waals surface area contributed by atoms with Gasteiger partial charge in [0, 0.05) is 11.8 Å². The molecule has 2 rings (SSSR count). The number of rotatable bonds is 2. The highest BCUT2D eigenvalue weighted by Gasteiger charge is 2.33. The van der Waals surface area contributed by atoms with Crippen LogP contribution in [0.3, 0.4) is 0 Å². The summed E-state index contributed by atoms with van der Waals surface area (Å²) in [4.78, 5) is 0. The van der Waals surface area contributed by atoms with Crippen molar-refractivity contribution in [1.29, 1.82) is 0 Å². The molecule has 2 aromatic rings. The highest BCUT2D eigenvalue weighted by molar-refractivity contribution is 5.45. The SMILES string of the molecule is Cc1cc(-n2ccc(C(F)(F)F)n2)c(C(C)O)cc1F. The lowest BCUT2D eigenvalue weighted by atomic mass is 10.1. The molecule has 1 N–H and O–H groups in total. The zero-order chi connectivity index (χ0) is 15.1. The summed E-state index contributed by atoms with van der Waals surface area (Å²) in [6.45, 7) is 2.89. The minimum atomic E-state index is -4.55. The Hall–Kier alpha value is -1.89. The molecule has 0 saturated heterocycles. The number of aromatic nitrogens is 2. The number of aliphatic hydroxyl groups excluding tert-OH is 1. The molecular formula is C13H12F4N2O. The van der Waals surface area contributed by atoms with E-state index in [0.29, 0.717) is 0 Å². The Morgan fingerprint density at radius 1 is 1.30 bits per heavy atom. The van der Waals surface area contributed by atoms with E-state index in [1.54, 1.807) is 0 Å². The molecule has 0 spiro atoms. The van der Waals surface area contributed by atoms with Gasteiger partial charge in [-0.3, -0.25) is 0 Å². The monoisotopic (exact) mass is 288 g/mol. The summed E-state index contributed by atoms with van der Waals surface area (Å²) in [6.07, 6.45) is -4.45. The van der Waals surface area contributed by atoms with Gasteiger partial charge in [0.15, 0.2) is 5.69 Å². The van der Waals surface area contributed by atoms with Crippen molar-refractivity contribution in [1.82, 2.24) is 9.78 Å². The lowest BCUT2D eigenvalue weighted by Crippen LogP contribution is -2.09. The van der Waals surface area contributed by atoms with Crippen LogP contribution in [0.25, 0.3) is 5.69 Å². The number of alkyl halides is 3. The number of hydrogen-bond acceptors (Lipinski definition) is 2. The van der Waals surface area contributed by atoms with Gasteiger partial charge in [-0.2, -0.15) is 18.3 Å². The predicted molar refractivity (Wildman–Crippen MR) is 63.9 cm³/mol. The maximum absolute atomic E-state index is 13.5. The van der Waals surface area contributed by atoms with E-state index < -0.39 is 23.8 Å². The Morgan fingerprint density at radius 3 is 2.45 bits per heavy atom. The average molecular weight is 288 g/mol. The third-order valence-corrected chi connectivity index (χ3v) is 2.88. The Morgan fingerprint density at radius 2 is 1.95 bits per heavy atom. The molecule has 1 aromatic heterocycles. The van der Waals surface area contributed by atoms with Gasteiger partial charge in [-0.25, -0.2) is 9.07 Å². The molecule has 7 heteroatoms. The van der Waals surface area contributed by atoms with Crippen LogP contribution >= 0.6 is 0 Å². The summed E-state index contributed by atoms with van der Waals surface area (Å²) in [5, 5.41) is 13.0. The van der Waals surface area contributed by atoms with E-state index in [1.807, 2.05) is 0 Å². The molecule has 0 saturated carbocycles. The largest absolute Gasteiger partial charge is 0.435 e. The van der Waals surface area contributed by atoms with Gasteiger partial charge in [-0.05, 0) is 37.6 Å². The minimum Gasteiger partial charge on any atom is -0.389 e. The fraction of sp³-hybridized carbons (Fsp3) is 0.308. The first-order valence-corrected chi connectivity index (χ1v) is 5.81. The van der Waals surface area contributed by atoms with Crippen LogP contribution in [-0.2, 0) is 6.18 Å². The molecule has 1 unspecified atom stereocenters. The second kappa shape index (κ2) is 4.90. The Balaban J connectivity index is 2.57. The van der Waals surface area contributed by atoms with Crippen molar-refractivity contribution in [3.8, 4) is 5.69 Å². The quantitative estimate of drug-likeness (QED) is 0.860. The molecule has 0 fully saturated rings. The van der Waals surface area contributed by atoms with Gasteiger partial charge in [-0.1, -0.05) is 0 Å². The molecule has 108 valence electrons. The molecule has 0 radical (unpaired) electrons. The van der Waals surface area contributed by atoms with Crippen LogP contribution in [0.4, 0.5) is 17.6 Å². The highest BCUT2D eigenvalue weighted by atomic mass is 19.4. The van der Waals surface area contributed by atoms with Crippen molar-refractivity contribution in [3.63, 3.8) is 0 Å². The first-order valence-electron chi connectivity index (χ1n) is 5.81. The van der Waals surface area contributed by atoms with Gasteiger partial charge in [-0.15, -0.1) is 0 Å². The summed E-state index contributed by atoms with van der Waals surface area (Å²) in [5.74, 6) is -0.534. The van der Waals surface area contributed by atoms with E-state index in [9.17, 15) is 22.7 Å². The Kier molecular flexibility index (Phi) is 3.56. The van der Waals surface area contributed by atoms with E-state index in [2.05, 4.69) is 5.10 Å². The van der Waals surface area contributed by atoms with Crippen molar-refractivity contribution in [2.45, 2.75) is 26.1 Å². The maximum Gasteiger partial charge on any atom is 0.435 e. The molecule has 0 bridgehead atoms. The van der Waals surface area contributed by atoms with Crippen LogP contribution in [0.2, 0.25) is 0 Å². The number of aliphatic hydroxyl groups is 1. The van der Waals surface area contributed by atoms with Crippen molar-refractivity contribution < 1.29 is 22.7 Å². The summed E-state index contributed by atoms with van der Waals surface area (Å²) in [5.41, 5.74) is -0.399. The third-order valence-electron chi connectivity index (χ3n) is 2.88. The first kappa shape index (κ1) is 14.5. The van der Waals surface area contributed by atoms with E-state index in [0.717, 1.165) is 23.0 Å². The zero-order valence-electron chi connectivity index (χ0n) is 10.7. The first-order chi connectivity index (χ1) is 9.20. The van der Waals surface area contributed by atoms with Gasteiger partial charge in [0.25, 0.3) is 0 Å². The Bertz CT molecular complexity index is 632. The molecule has 3 nitrogen and oxygen atoms in total. The molecule has 0 aliphatic heterocycles. The van der Waals surface area contributed by atoms with Crippen LogP contribution in [0.5, 0.6) is 0 Å². The zero-order valence-corrected chi connectivity index (χ0v) is 10.7. The minimum absolute atomic E-state index is 0.171. The molecule has 0 amide bonds. The maximum atomic E-state index is 13.5. The summed E-state index contributed by atoms with van der Waals surface area (Å²) >= 11 is 0. The molecule has 1 heterocycles. The van der Waals surface area contributed by atoms with E-state index in [1.165, 1.54) is 19.9 Å². The third kappa shape index (κ3) is 2.67. The average Bonchev–Trinajstić information content (AvgIpc) is 2.80. The second-order valence-electron chi connectivity index (χ2n) is 4.48. The van der Waals surface area contributed by atoms with Crippen molar-refractivity contribution >= 4 is 0 Å². The molecular weight excluding hydrogens is 276 g/mol. The number of halogens is 4. The van der Waals surface area contributed by atoms with Crippen molar-refractivity contribution in [2.24, 2.45) is 0 Å². The smallest absolute Gasteiger partial charge is 0.389 e. The molecule has 1 aromatic carbocycles. The van der Waals surface area contributed by atoms with Crippen LogP contribution in [0, 0.1) is 12.7 Å². The predicted octanol–water partition coefficient (Wildman–Crippen LogP) is 3.39. The second-order valence-corrected chi connectivity index (χ2v) is 4.48. The van der Waals surface area contributed by atoms with Crippen LogP contribution in [0.15, 0.2) is 24.4 Å². The summed E-state index contributed by atoms with van der Waals surface area (Å²) < 4.78 is 52.1. The highest BCUT2D eigenvalue weighted by Crippen LogP contribution is 2.30. The van der Waals surface area contributed by atoms with E-state index in [4.69, 9.17) is 0 Å². The molecule has 0 aliphatic carbocycles. The van der Waals surface area contributed by atoms with E-state index in [-0.39, 0.29) is 16.8 Å². The van der Waals surface area contributed by atoms with Crippen LogP contribution in [0.1, 0.15) is 29.8 Å². The van der Waals surface area contributed by atoms with E-state index >= 15 is 0 Å². The summed E-state index contributed by atoms with van der Waals surface area (Å²) in [6, 6.07) is 3.28. The number of benzene rings is 1. The number of hydrogen-bond donors (Lipinski definition) is 1. The topological polar surface area (TPSA) is 38.0 Å². The Labute approximate surface area is 112 Å². The lowest BCUT2D eigenvalue weighted by Gasteiger charge is -2.14. The van der Waals surface area contributed by atoms with Gasteiger partial charge < -0.3 is 5.11 Å².